The second-order valence-electron chi connectivity index (χ2n) is 5.85. The van der Waals surface area contributed by atoms with E-state index in [0.717, 1.165) is 11.1 Å². The molecule has 4 rings (SSSR count). The monoisotopic (exact) mass is 395 g/mol. The fourth-order valence-corrected chi connectivity index (χ4v) is 3.75. The molecule has 2 aromatic heterocycles. The summed E-state index contributed by atoms with van der Waals surface area (Å²) in [7, 11) is 4.76. The molecular formula is C20H17N3O4S. The second kappa shape index (κ2) is 7.32. The van der Waals surface area contributed by atoms with E-state index in [4.69, 9.17) is 14.2 Å². The molecule has 0 N–H and O–H groups in total. The highest BCUT2D eigenvalue weighted by Gasteiger charge is 2.15. The van der Waals surface area contributed by atoms with Crippen LogP contribution in [0.4, 0.5) is 0 Å². The third-order valence-corrected chi connectivity index (χ3v) is 5.22. The van der Waals surface area contributed by atoms with Gasteiger partial charge in [-0.05, 0) is 30.3 Å². The number of para-hydroxylation sites is 1. The van der Waals surface area contributed by atoms with Gasteiger partial charge in [-0.3, -0.25) is 4.79 Å². The van der Waals surface area contributed by atoms with Crippen molar-refractivity contribution in [3.05, 3.63) is 62.9 Å². The summed E-state index contributed by atoms with van der Waals surface area (Å²) < 4.78 is 17.8. The van der Waals surface area contributed by atoms with E-state index in [1.54, 1.807) is 33.5 Å². The molecule has 0 spiro atoms. The second-order valence-corrected chi connectivity index (χ2v) is 6.86. The van der Waals surface area contributed by atoms with Gasteiger partial charge in [0, 0.05) is 11.6 Å². The van der Waals surface area contributed by atoms with Crippen molar-refractivity contribution >= 4 is 22.4 Å². The Balaban J connectivity index is 1.81. The molecule has 2 aromatic carbocycles. The number of nitrogens with zero attached hydrogens (tertiary/aromatic N) is 3. The predicted molar refractivity (Wildman–Crippen MR) is 107 cm³/mol. The van der Waals surface area contributed by atoms with Crippen LogP contribution in [0.25, 0.3) is 22.4 Å². The van der Waals surface area contributed by atoms with Crippen LogP contribution in [0.5, 0.6) is 17.2 Å². The van der Waals surface area contributed by atoms with Crippen molar-refractivity contribution in [3.63, 3.8) is 0 Å². The van der Waals surface area contributed by atoms with Crippen molar-refractivity contribution in [2.45, 2.75) is 0 Å². The number of ether oxygens (including phenoxy) is 3. The number of benzene rings is 2. The quantitative estimate of drug-likeness (QED) is 0.517. The van der Waals surface area contributed by atoms with Gasteiger partial charge >= 0.3 is 0 Å². The fourth-order valence-electron chi connectivity index (χ4n) is 2.86. The van der Waals surface area contributed by atoms with Crippen LogP contribution in [0, 0.1) is 0 Å². The zero-order chi connectivity index (χ0) is 19.7. The first-order valence-corrected chi connectivity index (χ1v) is 9.23. The van der Waals surface area contributed by atoms with Gasteiger partial charge in [-0.15, -0.1) is 5.10 Å². The largest absolute Gasteiger partial charge is 0.497 e. The number of methoxy groups -OCH3 is 3. The van der Waals surface area contributed by atoms with Crippen molar-refractivity contribution < 1.29 is 14.2 Å². The molecule has 2 heterocycles. The molecule has 0 atom stereocenters. The van der Waals surface area contributed by atoms with Gasteiger partial charge in [0.1, 0.15) is 17.2 Å². The third kappa shape index (κ3) is 3.07. The van der Waals surface area contributed by atoms with Crippen LogP contribution >= 0.6 is 11.3 Å². The number of hydrogen-bond acceptors (Lipinski definition) is 7. The normalized spacial score (nSPS) is 11.8. The lowest BCUT2D eigenvalue weighted by molar-refractivity contribution is 0.393. The zero-order valence-electron chi connectivity index (χ0n) is 15.5. The van der Waals surface area contributed by atoms with Crippen LogP contribution in [0.1, 0.15) is 5.56 Å². The van der Waals surface area contributed by atoms with E-state index in [1.165, 1.54) is 15.9 Å². The van der Waals surface area contributed by atoms with Crippen molar-refractivity contribution in [2.75, 3.05) is 21.3 Å². The van der Waals surface area contributed by atoms with Crippen LogP contribution < -0.4 is 24.3 Å². The Kier molecular flexibility index (Phi) is 4.70. The molecule has 7 nitrogen and oxygen atoms in total. The summed E-state index contributed by atoms with van der Waals surface area (Å²) in [4.78, 5) is 17.8. The van der Waals surface area contributed by atoms with Gasteiger partial charge in [0.15, 0.2) is 5.82 Å². The molecule has 0 aliphatic heterocycles. The Morgan fingerprint density at radius 2 is 1.79 bits per heavy atom. The molecular weight excluding hydrogens is 378 g/mol. The smallest absolute Gasteiger partial charge is 0.291 e. The van der Waals surface area contributed by atoms with Crippen molar-refractivity contribution in [2.24, 2.45) is 0 Å². The summed E-state index contributed by atoms with van der Waals surface area (Å²) in [5, 5.41) is 4.38. The Hall–Kier alpha value is -3.39. The number of rotatable bonds is 5. The maximum Gasteiger partial charge on any atom is 0.291 e. The third-order valence-electron chi connectivity index (χ3n) is 4.26. The molecule has 0 radical (unpaired) electrons. The summed E-state index contributed by atoms with van der Waals surface area (Å²) in [6.07, 6.45) is 1.77. The Morgan fingerprint density at radius 1 is 1.00 bits per heavy atom. The molecule has 8 heteroatoms. The van der Waals surface area contributed by atoms with Gasteiger partial charge in [0.05, 0.1) is 31.4 Å². The maximum atomic E-state index is 12.8. The molecule has 0 bridgehead atoms. The van der Waals surface area contributed by atoms with E-state index in [-0.39, 0.29) is 5.56 Å². The highest BCUT2D eigenvalue weighted by Crippen LogP contribution is 2.27. The van der Waals surface area contributed by atoms with Crippen LogP contribution in [-0.4, -0.2) is 35.9 Å². The molecule has 0 saturated carbocycles. The summed E-state index contributed by atoms with van der Waals surface area (Å²) >= 11 is 1.27. The lowest BCUT2D eigenvalue weighted by atomic mass is 10.2. The Bertz CT molecular complexity index is 1260. The summed E-state index contributed by atoms with van der Waals surface area (Å²) in [6.45, 7) is 0. The van der Waals surface area contributed by atoms with Gasteiger partial charge in [0.25, 0.3) is 5.56 Å². The van der Waals surface area contributed by atoms with Crippen LogP contribution in [0.15, 0.2) is 47.3 Å². The highest BCUT2D eigenvalue weighted by molar-refractivity contribution is 7.15. The van der Waals surface area contributed by atoms with E-state index in [9.17, 15) is 4.79 Å². The topological polar surface area (TPSA) is 75.0 Å². The van der Waals surface area contributed by atoms with Gasteiger partial charge in [-0.1, -0.05) is 23.5 Å². The molecule has 4 aromatic rings. The average molecular weight is 395 g/mol. The minimum atomic E-state index is -0.230. The molecule has 0 unspecified atom stereocenters. The number of thiazole rings is 1. The molecule has 0 saturated heterocycles. The average Bonchev–Trinajstić information content (AvgIpc) is 3.27. The van der Waals surface area contributed by atoms with Crippen LogP contribution in [0.2, 0.25) is 0 Å². The SMILES string of the molecule is COc1ccc(/C=c2/sc3nc(-c4ccccc4OC)nn3c2=O)c(OC)c1. The van der Waals surface area contributed by atoms with Crippen LogP contribution in [0.3, 0.4) is 0 Å². The maximum absolute atomic E-state index is 12.8. The van der Waals surface area contributed by atoms with E-state index < -0.39 is 0 Å². The van der Waals surface area contributed by atoms with E-state index in [0.29, 0.717) is 32.6 Å². The Morgan fingerprint density at radius 3 is 2.50 bits per heavy atom. The Labute approximate surface area is 164 Å². The fraction of sp³-hybridized carbons (Fsp3) is 0.150. The van der Waals surface area contributed by atoms with Crippen molar-refractivity contribution in [1.82, 2.24) is 14.6 Å². The lowest BCUT2D eigenvalue weighted by Gasteiger charge is -2.06. The molecule has 0 aliphatic carbocycles. The van der Waals surface area contributed by atoms with E-state index in [1.807, 2.05) is 36.4 Å². The van der Waals surface area contributed by atoms with Gasteiger partial charge < -0.3 is 14.2 Å². The molecule has 0 aliphatic rings. The van der Waals surface area contributed by atoms with Gasteiger partial charge in [-0.25, -0.2) is 0 Å². The minimum Gasteiger partial charge on any atom is -0.497 e. The predicted octanol–water partition coefficient (Wildman–Crippen LogP) is 2.39. The van der Waals surface area contributed by atoms with Crippen molar-refractivity contribution in [1.29, 1.82) is 0 Å². The van der Waals surface area contributed by atoms with Gasteiger partial charge in [0.2, 0.25) is 4.96 Å². The first-order valence-electron chi connectivity index (χ1n) is 8.41. The molecule has 0 fully saturated rings. The first kappa shape index (κ1) is 18.0. The summed E-state index contributed by atoms with van der Waals surface area (Å²) in [5.41, 5.74) is 1.28. The molecule has 0 amide bonds. The number of aromatic nitrogens is 3. The van der Waals surface area contributed by atoms with E-state index >= 15 is 0 Å². The molecule has 28 heavy (non-hydrogen) atoms. The summed E-state index contributed by atoms with van der Waals surface area (Å²) in [6, 6.07) is 12.9. The highest BCUT2D eigenvalue weighted by atomic mass is 32.1. The lowest BCUT2D eigenvalue weighted by Crippen LogP contribution is -2.23. The first-order chi connectivity index (χ1) is 13.6. The van der Waals surface area contributed by atoms with Crippen molar-refractivity contribution in [3.8, 4) is 28.6 Å². The standard InChI is InChI=1S/C20H17N3O4S/c1-25-13-9-8-12(16(11-13)27-3)10-17-19(24)23-20(28-17)21-18(22-23)14-6-4-5-7-15(14)26-2/h4-11H,1-3H3/b17-10+. The number of fused-ring (bicyclic) bond motifs is 1. The van der Waals surface area contributed by atoms with E-state index in [2.05, 4.69) is 10.1 Å². The van der Waals surface area contributed by atoms with Gasteiger partial charge in [-0.2, -0.15) is 9.50 Å². The molecule has 142 valence electrons. The summed E-state index contributed by atoms with van der Waals surface area (Å²) in [5.74, 6) is 2.41. The zero-order valence-corrected chi connectivity index (χ0v) is 16.3. The number of hydrogen-bond donors (Lipinski definition) is 0. The minimum absolute atomic E-state index is 0.230. The van der Waals surface area contributed by atoms with Crippen LogP contribution in [-0.2, 0) is 0 Å².